The third-order valence-corrected chi connectivity index (χ3v) is 4.83. The summed E-state index contributed by atoms with van der Waals surface area (Å²) in [6, 6.07) is 6.41. The molecule has 5 rings (SSSR count). The number of benzene rings is 1. The molecule has 1 saturated carbocycles. The van der Waals surface area contributed by atoms with Gasteiger partial charge in [0.05, 0.1) is 19.3 Å². The van der Waals surface area contributed by atoms with Crippen LogP contribution in [0.25, 0.3) is 11.7 Å². The largest absolute Gasteiger partial charge is 0.494 e. The van der Waals surface area contributed by atoms with E-state index in [4.69, 9.17) is 4.74 Å². The van der Waals surface area contributed by atoms with E-state index in [1.165, 1.54) is 19.3 Å². The molecule has 0 spiro atoms. The van der Waals surface area contributed by atoms with E-state index in [0.717, 1.165) is 12.8 Å². The summed E-state index contributed by atoms with van der Waals surface area (Å²) in [4.78, 5) is 25.4. The number of methoxy groups -OCH3 is 1. The Labute approximate surface area is 173 Å². The van der Waals surface area contributed by atoms with Gasteiger partial charge in [0.1, 0.15) is 22.9 Å². The van der Waals surface area contributed by atoms with Crippen LogP contribution in [0, 0.1) is 5.82 Å². The average molecular weight is 423 g/mol. The van der Waals surface area contributed by atoms with Gasteiger partial charge in [-0.2, -0.15) is 9.61 Å². The number of nitrogens with one attached hydrogen (secondary N) is 3. The number of ether oxygens (including phenoxy) is 1. The standard InChI is InChI=1S/C20H18FN7O3/c1-31-14-4-2-3-12(21)17(14)25-15-8-16(23-11-5-6-11)28-18(26-15)10(9-22-28)7-13-19(29)27-20(30)24-13/h2-4,7-9,11,25,29H,5-6H2,1H3,(H2,24,27,30)/b10-7+,23-16?. The lowest BCUT2D eigenvalue weighted by atomic mass is 10.2. The van der Waals surface area contributed by atoms with Crippen LogP contribution in [-0.2, 0) is 0 Å². The summed E-state index contributed by atoms with van der Waals surface area (Å²) in [5.74, 6) is -0.107. The van der Waals surface area contributed by atoms with E-state index in [1.807, 2.05) is 0 Å². The summed E-state index contributed by atoms with van der Waals surface area (Å²) >= 11 is 0. The van der Waals surface area contributed by atoms with Gasteiger partial charge >= 0.3 is 5.69 Å². The number of H-pyrrole nitrogens is 2. The van der Waals surface area contributed by atoms with Crippen LogP contribution in [0.15, 0.2) is 40.2 Å². The van der Waals surface area contributed by atoms with Crippen LogP contribution in [0.4, 0.5) is 15.9 Å². The molecule has 0 amide bonds. The fraction of sp³-hybridized carbons (Fsp3) is 0.200. The van der Waals surface area contributed by atoms with Crippen molar-refractivity contribution < 1.29 is 14.2 Å². The van der Waals surface area contributed by atoms with Crippen LogP contribution in [0.3, 0.4) is 0 Å². The molecule has 4 aromatic rings. The van der Waals surface area contributed by atoms with E-state index in [2.05, 4.69) is 30.4 Å². The minimum atomic E-state index is -0.536. The molecule has 4 N–H and O–H groups in total. The van der Waals surface area contributed by atoms with E-state index in [-0.39, 0.29) is 23.3 Å². The number of para-hydroxylation sites is 1. The van der Waals surface area contributed by atoms with Crippen LogP contribution < -0.4 is 26.4 Å². The van der Waals surface area contributed by atoms with Crippen molar-refractivity contribution in [3.63, 3.8) is 0 Å². The van der Waals surface area contributed by atoms with Crippen molar-refractivity contribution in [1.29, 1.82) is 0 Å². The van der Waals surface area contributed by atoms with Gasteiger partial charge in [0.25, 0.3) is 0 Å². The fourth-order valence-corrected chi connectivity index (χ4v) is 3.18. The molecule has 1 aliphatic carbocycles. The molecule has 1 fully saturated rings. The maximum atomic E-state index is 14.4. The zero-order chi connectivity index (χ0) is 21.5. The molecule has 11 heteroatoms. The molecular weight excluding hydrogens is 405 g/mol. The molecule has 0 unspecified atom stereocenters. The van der Waals surface area contributed by atoms with Crippen LogP contribution in [0.1, 0.15) is 18.5 Å². The Morgan fingerprint density at radius 3 is 2.94 bits per heavy atom. The number of hydrogen-bond acceptors (Lipinski definition) is 7. The molecule has 31 heavy (non-hydrogen) atoms. The van der Waals surface area contributed by atoms with E-state index < -0.39 is 11.5 Å². The second-order valence-electron chi connectivity index (χ2n) is 7.12. The third-order valence-electron chi connectivity index (χ3n) is 4.83. The Hall–Kier alpha value is -4.15. The molecule has 0 bridgehead atoms. The molecule has 0 aliphatic heterocycles. The van der Waals surface area contributed by atoms with Gasteiger partial charge in [-0.25, -0.2) is 14.2 Å². The lowest BCUT2D eigenvalue weighted by Gasteiger charge is -2.11. The van der Waals surface area contributed by atoms with Gasteiger partial charge < -0.3 is 20.1 Å². The number of hydrogen-bond donors (Lipinski definition) is 4. The van der Waals surface area contributed by atoms with Gasteiger partial charge in [-0.05, 0) is 31.1 Å². The molecule has 1 aromatic carbocycles. The number of aromatic hydroxyl groups is 1. The molecule has 3 heterocycles. The molecule has 1 aliphatic rings. The highest BCUT2D eigenvalue weighted by molar-refractivity contribution is 5.66. The summed E-state index contributed by atoms with van der Waals surface area (Å²) in [6.07, 6.45) is 5.07. The maximum absolute atomic E-state index is 14.4. The second kappa shape index (κ2) is 7.27. The molecule has 10 nitrogen and oxygen atoms in total. The van der Waals surface area contributed by atoms with Crippen molar-refractivity contribution in [3.8, 4) is 11.6 Å². The zero-order valence-electron chi connectivity index (χ0n) is 16.4. The highest BCUT2D eigenvalue weighted by Gasteiger charge is 2.20. The molecule has 0 saturated heterocycles. The Bertz CT molecular complexity index is 1470. The Balaban J connectivity index is 1.70. The van der Waals surface area contributed by atoms with Crippen molar-refractivity contribution in [3.05, 3.63) is 63.2 Å². The predicted molar refractivity (Wildman–Crippen MR) is 110 cm³/mol. The topological polar surface area (TPSA) is 133 Å². The fourth-order valence-electron chi connectivity index (χ4n) is 3.18. The maximum Gasteiger partial charge on any atom is 0.326 e. The van der Waals surface area contributed by atoms with Crippen molar-refractivity contribution in [2.24, 2.45) is 4.99 Å². The molecular formula is C20H18FN7O3. The van der Waals surface area contributed by atoms with Gasteiger partial charge in [-0.15, -0.1) is 0 Å². The second-order valence-corrected chi connectivity index (χ2v) is 7.12. The number of fused-ring (bicyclic) bond motifs is 1. The first-order valence-corrected chi connectivity index (χ1v) is 9.57. The van der Waals surface area contributed by atoms with E-state index in [0.29, 0.717) is 27.9 Å². The van der Waals surface area contributed by atoms with Gasteiger partial charge in [-0.1, -0.05) is 6.07 Å². The highest BCUT2D eigenvalue weighted by Crippen LogP contribution is 2.29. The number of nitrogens with zero attached hydrogens (tertiary/aromatic N) is 4. The number of rotatable bonds is 5. The quantitative estimate of drug-likeness (QED) is 0.378. The molecule has 3 aromatic heterocycles. The number of imidazole rings is 1. The first-order valence-electron chi connectivity index (χ1n) is 9.57. The van der Waals surface area contributed by atoms with Crippen LogP contribution in [0.5, 0.6) is 11.6 Å². The minimum Gasteiger partial charge on any atom is -0.494 e. The Morgan fingerprint density at radius 1 is 1.39 bits per heavy atom. The van der Waals surface area contributed by atoms with Crippen molar-refractivity contribution in [1.82, 2.24) is 24.6 Å². The summed E-state index contributed by atoms with van der Waals surface area (Å²) in [5.41, 5.74) is 0.776. The Morgan fingerprint density at radius 2 is 2.23 bits per heavy atom. The van der Waals surface area contributed by atoms with E-state index >= 15 is 0 Å². The van der Waals surface area contributed by atoms with Gasteiger partial charge in [0.2, 0.25) is 5.88 Å². The summed E-state index contributed by atoms with van der Waals surface area (Å²) in [5, 5.41) is 17.7. The van der Waals surface area contributed by atoms with Crippen LogP contribution in [0.2, 0.25) is 0 Å². The van der Waals surface area contributed by atoms with Gasteiger partial charge in [0, 0.05) is 11.3 Å². The van der Waals surface area contributed by atoms with Crippen molar-refractivity contribution >= 4 is 23.2 Å². The van der Waals surface area contributed by atoms with Gasteiger partial charge in [0.15, 0.2) is 17.0 Å². The lowest BCUT2D eigenvalue weighted by Crippen LogP contribution is -2.20. The summed E-state index contributed by atoms with van der Waals surface area (Å²) in [6.45, 7) is 0. The molecule has 0 radical (unpaired) electrons. The first-order chi connectivity index (χ1) is 15.0. The van der Waals surface area contributed by atoms with Gasteiger partial charge in [-0.3, -0.25) is 9.98 Å². The van der Waals surface area contributed by atoms with E-state index in [1.54, 1.807) is 28.9 Å². The van der Waals surface area contributed by atoms with Crippen LogP contribution in [-0.4, -0.2) is 42.8 Å². The zero-order valence-corrected chi connectivity index (χ0v) is 16.4. The Kier molecular flexibility index (Phi) is 4.42. The molecule has 158 valence electrons. The minimum absolute atomic E-state index is 0.150. The third kappa shape index (κ3) is 3.61. The number of aromatic nitrogens is 5. The normalized spacial score (nSPS) is 15.0. The lowest BCUT2D eigenvalue weighted by molar-refractivity contribution is 0.414. The first kappa shape index (κ1) is 18.9. The summed E-state index contributed by atoms with van der Waals surface area (Å²) < 4.78 is 21.2. The summed E-state index contributed by atoms with van der Waals surface area (Å²) in [7, 11) is 1.46. The number of halogens is 1. The highest BCUT2D eigenvalue weighted by atomic mass is 19.1. The monoisotopic (exact) mass is 423 g/mol. The van der Waals surface area contributed by atoms with Crippen molar-refractivity contribution in [2.75, 3.05) is 12.4 Å². The predicted octanol–water partition coefficient (Wildman–Crippen LogP) is 0.953. The van der Waals surface area contributed by atoms with E-state index in [9.17, 15) is 14.3 Å². The van der Waals surface area contributed by atoms with Crippen molar-refractivity contribution in [2.45, 2.75) is 18.9 Å². The smallest absolute Gasteiger partial charge is 0.326 e. The number of aromatic amines is 2. The molecule has 0 atom stereocenters. The van der Waals surface area contributed by atoms with Crippen LogP contribution >= 0.6 is 0 Å². The number of anilines is 2. The average Bonchev–Trinajstić information content (AvgIpc) is 3.38. The SMILES string of the molecule is COc1cccc(F)c1Nc1cc(=NC2CC2)n2nc/c(=C\c3[nH]c(=O)[nH]c3O)c2n1.